The van der Waals surface area contributed by atoms with E-state index in [0.717, 1.165) is 56.8 Å². The van der Waals surface area contributed by atoms with E-state index >= 15 is 0 Å². The Balaban J connectivity index is 1.35. The Bertz CT molecular complexity index is 765. The van der Waals surface area contributed by atoms with Gasteiger partial charge in [-0.1, -0.05) is 0 Å². The first-order valence-corrected chi connectivity index (χ1v) is 10.7. The Kier molecular flexibility index (Phi) is 6.23. The number of hydrogen-bond acceptors (Lipinski definition) is 8. The van der Waals surface area contributed by atoms with Crippen LogP contribution in [0.25, 0.3) is 6.08 Å². The molecule has 9 heteroatoms. The molecule has 1 aromatic heterocycles. The summed E-state index contributed by atoms with van der Waals surface area (Å²) in [6.07, 6.45) is 8.16. The lowest BCUT2D eigenvalue weighted by Crippen LogP contribution is -2.46. The van der Waals surface area contributed by atoms with E-state index in [1.807, 2.05) is 0 Å². The summed E-state index contributed by atoms with van der Waals surface area (Å²) in [7, 11) is 0. The highest BCUT2D eigenvalue weighted by molar-refractivity contribution is 8.18. The molecule has 3 aliphatic rings. The molecule has 0 radical (unpaired) electrons. The number of carbonyl (C=O) groups excluding carboxylic acids is 2. The Hall–Kier alpha value is -1.97. The van der Waals surface area contributed by atoms with Crippen molar-refractivity contribution in [1.82, 2.24) is 25.5 Å². The molecule has 2 atom stereocenters. The number of piperidine rings is 2. The van der Waals surface area contributed by atoms with Gasteiger partial charge in [0.05, 0.1) is 10.6 Å². The zero-order chi connectivity index (χ0) is 19.3. The van der Waals surface area contributed by atoms with E-state index in [-0.39, 0.29) is 11.1 Å². The van der Waals surface area contributed by atoms with E-state index in [9.17, 15) is 9.59 Å². The van der Waals surface area contributed by atoms with Gasteiger partial charge in [0.1, 0.15) is 0 Å². The van der Waals surface area contributed by atoms with E-state index in [4.69, 9.17) is 0 Å². The van der Waals surface area contributed by atoms with E-state index in [0.29, 0.717) is 22.6 Å². The highest BCUT2D eigenvalue weighted by atomic mass is 32.2. The van der Waals surface area contributed by atoms with Crippen molar-refractivity contribution in [3.63, 3.8) is 0 Å². The van der Waals surface area contributed by atoms with Crippen LogP contribution in [0.4, 0.5) is 10.7 Å². The second kappa shape index (κ2) is 9.02. The third kappa shape index (κ3) is 5.09. The number of amides is 2. The number of aromatic nitrogens is 2. The molecule has 4 rings (SSSR count). The van der Waals surface area contributed by atoms with Crippen molar-refractivity contribution in [3.8, 4) is 0 Å². The van der Waals surface area contributed by atoms with Crippen LogP contribution in [0, 0.1) is 5.92 Å². The zero-order valence-corrected chi connectivity index (χ0v) is 16.6. The maximum Gasteiger partial charge on any atom is 0.290 e. The molecule has 0 aliphatic carbocycles. The first-order chi connectivity index (χ1) is 13.7. The molecular weight excluding hydrogens is 376 g/mol. The van der Waals surface area contributed by atoms with Crippen LogP contribution in [0.5, 0.6) is 0 Å². The number of anilines is 1. The van der Waals surface area contributed by atoms with Crippen LogP contribution in [0.1, 0.15) is 31.4 Å². The fraction of sp³-hybridized carbons (Fsp3) is 0.579. The van der Waals surface area contributed by atoms with Crippen LogP contribution < -0.4 is 16.0 Å². The molecule has 0 spiro atoms. The molecule has 28 heavy (non-hydrogen) atoms. The smallest absolute Gasteiger partial charge is 0.290 e. The van der Waals surface area contributed by atoms with Crippen molar-refractivity contribution >= 4 is 34.9 Å². The first-order valence-electron chi connectivity index (χ1n) is 9.93. The number of nitrogens with one attached hydrogen (secondary N) is 3. The quantitative estimate of drug-likeness (QED) is 0.640. The summed E-state index contributed by atoms with van der Waals surface area (Å²) in [6, 6.07) is 2.05. The maximum atomic E-state index is 11.7. The number of thioether (sulfide) groups is 1. The van der Waals surface area contributed by atoms with Gasteiger partial charge in [-0.15, -0.1) is 0 Å². The van der Waals surface area contributed by atoms with Gasteiger partial charge < -0.3 is 15.5 Å². The van der Waals surface area contributed by atoms with Gasteiger partial charge in [0.25, 0.3) is 11.1 Å². The van der Waals surface area contributed by atoms with Crippen molar-refractivity contribution in [1.29, 1.82) is 0 Å². The summed E-state index contributed by atoms with van der Waals surface area (Å²) in [6.45, 7) is 5.58. The summed E-state index contributed by atoms with van der Waals surface area (Å²) < 4.78 is 0. The second-order valence-electron chi connectivity index (χ2n) is 7.61. The molecule has 3 fully saturated rings. The summed E-state index contributed by atoms with van der Waals surface area (Å²) >= 11 is 0.896. The normalized spacial score (nSPS) is 27.8. The van der Waals surface area contributed by atoms with Gasteiger partial charge in [-0.25, -0.2) is 9.97 Å². The Morgan fingerprint density at radius 1 is 1.32 bits per heavy atom. The van der Waals surface area contributed by atoms with Gasteiger partial charge in [-0.3, -0.25) is 14.9 Å². The monoisotopic (exact) mass is 402 g/mol. The molecule has 8 nitrogen and oxygen atoms in total. The lowest BCUT2D eigenvalue weighted by Gasteiger charge is -2.36. The highest BCUT2D eigenvalue weighted by Gasteiger charge is 2.26. The van der Waals surface area contributed by atoms with Crippen LogP contribution in [0.3, 0.4) is 0 Å². The summed E-state index contributed by atoms with van der Waals surface area (Å²) in [5.41, 5.74) is 0.616. The predicted octanol–water partition coefficient (Wildman–Crippen LogP) is 1.68. The van der Waals surface area contributed by atoms with Crippen LogP contribution in [0.15, 0.2) is 17.2 Å². The van der Waals surface area contributed by atoms with Gasteiger partial charge >= 0.3 is 0 Å². The van der Waals surface area contributed by atoms with Crippen LogP contribution in [-0.4, -0.2) is 64.8 Å². The number of nitrogens with zero attached hydrogens (tertiary/aromatic N) is 3. The fourth-order valence-electron chi connectivity index (χ4n) is 4.04. The largest absolute Gasteiger partial charge is 0.350 e. The Morgan fingerprint density at radius 2 is 2.25 bits per heavy atom. The van der Waals surface area contributed by atoms with Gasteiger partial charge in [0, 0.05) is 25.3 Å². The zero-order valence-electron chi connectivity index (χ0n) is 15.8. The van der Waals surface area contributed by atoms with Gasteiger partial charge in [-0.2, -0.15) is 0 Å². The van der Waals surface area contributed by atoms with Crippen molar-refractivity contribution < 1.29 is 9.59 Å². The van der Waals surface area contributed by atoms with E-state index in [1.165, 1.54) is 19.3 Å². The molecule has 1 unspecified atom stereocenters. The van der Waals surface area contributed by atoms with Gasteiger partial charge in [0.2, 0.25) is 5.95 Å². The predicted molar refractivity (Wildman–Crippen MR) is 110 cm³/mol. The molecule has 0 saturated carbocycles. The molecule has 0 bridgehead atoms. The maximum absolute atomic E-state index is 11.7. The highest BCUT2D eigenvalue weighted by Crippen LogP contribution is 2.25. The molecule has 150 valence electrons. The Morgan fingerprint density at radius 3 is 3.04 bits per heavy atom. The molecule has 4 heterocycles. The topological polar surface area (TPSA) is 99.2 Å². The molecule has 3 saturated heterocycles. The van der Waals surface area contributed by atoms with E-state index < -0.39 is 0 Å². The van der Waals surface area contributed by atoms with Crippen LogP contribution in [-0.2, 0) is 4.79 Å². The van der Waals surface area contributed by atoms with E-state index in [2.05, 4.69) is 30.8 Å². The molecule has 2 amide bonds. The van der Waals surface area contributed by atoms with Crippen molar-refractivity contribution in [3.05, 3.63) is 22.9 Å². The molecule has 3 N–H and O–H groups in total. The average Bonchev–Trinajstić information content (AvgIpc) is 3.00. The summed E-state index contributed by atoms with van der Waals surface area (Å²) in [4.78, 5) is 34.7. The van der Waals surface area contributed by atoms with Gasteiger partial charge in [-0.05, 0) is 75.1 Å². The fourth-order valence-corrected chi connectivity index (χ4v) is 4.71. The summed E-state index contributed by atoms with van der Waals surface area (Å²) in [5.74, 6) is 0.940. The van der Waals surface area contributed by atoms with Crippen LogP contribution in [0.2, 0.25) is 0 Å². The minimum atomic E-state index is -0.372. The lowest BCUT2D eigenvalue weighted by molar-refractivity contribution is -0.115. The first kappa shape index (κ1) is 19.4. The van der Waals surface area contributed by atoms with Crippen LogP contribution >= 0.6 is 11.8 Å². The molecule has 1 aromatic rings. The number of likely N-dealkylation sites (tertiary alicyclic amines) is 1. The van der Waals surface area contributed by atoms with Crippen molar-refractivity contribution in [2.45, 2.75) is 31.7 Å². The lowest BCUT2D eigenvalue weighted by atomic mass is 9.97. The number of rotatable bonds is 5. The Labute approximate surface area is 168 Å². The van der Waals surface area contributed by atoms with Crippen molar-refractivity contribution in [2.75, 3.05) is 38.0 Å². The SMILES string of the molecule is O=C1NC(=O)/C(=C/c2ccnc(N[C@H]3CCCN(CC4CCCNC4)C3)n2)S1. The number of carbonyl (C=O) groups is 2. The number of hydrogen-bond donors (Lipinski definition) is 3. The third-order valence-electron chi connectivity index (χ3n) is 5.35. The molecular formula is C19H26N6O2S. The van der Waals surface area contributed by atoms with Crippen molar-refractivity contribution in [2.24, 2.45) is 5.92 Å². The number of imide groups is 1. The second-order valence-corrected chi connectivity index (χ2v) is 8.63. The van der Waals surface area contributed by atoms with E-state index in [1.54, 1.807) is 18.3 Å². The average molecular weight is 403 g/mol. The summed E-state index contributed by atoms with van der Waals surface area (Å²) in [5, 5.41) is 8.85. The van der Waals surface area contributed by atoms with Gasteiger partial charge in [0.15, 0.2) is 0 Å². The minimum Gasteiger partial charge on any atom is -0.350 e. The molecule has 3 aliphatic heterocycles. The standard InChI is InChI=1S/C19H26N6O2S/c26-17-16(28-19(27)24-17)9-14-5-7-21-18(22-14)23-15-4-2-8-25(12-15)11-13-3-1-6-20-10-13/h5,7,9,13,15,20H,1-4,6,8,10-12H2,(H,21,22,23)(H,24,26,27)/b16-9-/t13?,15-/m0/s1. The minimum absolute atomic E-state index is 0.318. The molecule has 0 aromatic carbocycles. The third-order valence-corrected chi connectivity index (χ3v) is 6.16.